The zero-order valence-corrected chi connectivity index (χ0v) is 12.8. The molecular formula is C15H25ClN2O. The predicted molar refractivity (Wildman–Crippen MR) is 82.3 cm³/mol. The van der Waals surface area contributed by atoms with E-state index in [1.807, 2.05) is 51.1 Å². The fourth-order valence-electron chi connectivity index (χ4n) is 2.13. The molecule has 0 aliphatic rings. The Bertz CT molecular complexity index is 369. The first-order valence-corrected chi connectivity index (χ1v) is 6.65. The minimum absolute atomic E-state index is 0. The minimum Gasteiger partial charge on any atom is -0.349 e. The van der Waals surface area contributed by atoms with Crippen molar-refractivity contribution in [2.45, 2.75) is 39.7 Å². The zero-order chi connectivity index (χ0) is 13.6. The van der Waals surface area contributed by atoms with Crippen LogP contribution in [0.1, 0.15) is 45.2 Å². The van der Waals surface area contributed by atoms with Crippen LogP contribution < -0.4 is 11.1 Å². The maximum atomic E-state index is 12.4. The summed E-state index contributed by atoms with van der Waals surface area (Å²) in [5.74, 6) is 0.0614. The zero-order valence-electron chi connectivity index (χ0n) is 12.0. The summed E-state index contributed by atoms with van der Waals surface area (Å²) in [5.41, 5.74) is 6.47. The third-order valence-electron chi connectivity index (χ3n) is 3.87. The molecule has 1 atom stereocenters. The second-order valence-corrected chi connectivity index (χ2v) is 4.80. The van der Waals surface area contributed by atoms with Crippen molar-refractivity contribution >= 4 is 18.3 Å². The first-order valence-electron chi connectivity index (χ1n) is 6.65. The van der Waals surface area contributed by atoms with Gasteiger partial charge in [-0.2, -0.15) is 0 Å². The van der Waals surface area contributed by atoms with Crippen molar-refractivity contribution in [1.29, 1.82) is 0 Å². The number of hydrogen-bond acceptors (Lipinski definition) is 2. The molecule has 4 heteroatoms. The summed E-state index contributed by atoms with van der Waals surface area (Å²) in [4.78, 5) is 12.4. The molecule has 0 saturated carbocycles. The standard InChI is InChI=1S/C15H24N2O.ClH/c1-4-15(5-2,11-16)14(18)17-12(3)13-9-7-6-8-10-13;/h6-10,12H,4-5,11,16H2,1-3H3,(H,17,18);1H. The van der Waals surface area contributed by atoms with Crippen LogP contribution in [0.2, 0.25) is 0 Å². The molecule has 0 aromatic heterocycles. The van der Waals surface area contributed by atoms with Gasteiger partial charge >= 0.3 is 0 Å². The number of amides is 1. The van der Waals surface area contributed by atoms with E-state index >= 15 is 0 Å². The van der Waals surface area contributed by atoms with E-state index < -0.39 is 5.41 Å². The summed E-state index contributed by atoms with van der Waals surface area (Å²) < 4.78 is 0. The lowest BCUT2D eigenvalue weighted by atomic mass is 9.81. The van der Waals surface area contributed by atoms with Crippen LogP contribution in [-0.2, 0) is 4.79 Å². The number of carbonyl (C=O) groups is 1. The Morgan fingerprint density at radius 2 is 1.79 bits per heavy atom. The first kappa shape index (κ1) is 17.9. The van der Waals surface area contributed by atoms with Crippen LogP contribution in [0.5, 0.6) is 0 Å². The number of halogens is 1. The molecule has 19 heavy (non-hydrogen) atoms. The van der Waals surface area contributed by atoms with Crippen molar-refractivity contribution in [2.75, 3.05) is 6.54 Å². The van der Waals surface area contributed by atoms with Crippen molar-refractivity contribution in [3.8, 4) is 0 Å². The van der Waals surface area contributed by atoms with Gasteiger partial charge in [-0.3, -0.25) is 4.79 Å². The molecule has 0 radical (unpaired) electrons. The van der Waals surface area contributed by atoms with Gasteiger partial charge in [0, 0.05) is 6.54 Å². The average molecular weight is 285 g/mol. The van der Waals surface area contributed by atoms with Gasteiger partial charge in [0.2, 0.25) is 5.91 Å². The van der Waals surface area contributed by atoms with Crippen LogP contribution in [0.25, 0.3) is 0 Å². The van der Waals surface area contributed by atoms with Gasteiger partial charge in [0.05, 0.1) is 11.5 Å². The predicted octanol–water partition coefficient (Wildman–Crippen LogP) is 3.05. The van der Waals surface area contributed by atoms with Gasteiger partial charge in [-0.15, -0.1) is 12.4 Å². The molecule has 0 aliphatic carbocycles. The smallest absolute Gasteiger partial charge is 0.227 e. The molecule has 108 valence electrons. The van der Waals surface area contributed by atoms with E-state index in [-0.39, 0.29) is 24.4 Å². The van der Waals surface area contributed by atoms with Gasteiger partial charge in [-0.1, -0.05) is 44.2 Å². The third-order valence-corrected chi connectivity index (χ3v) is 3.87. The number of benzene rings is 1. The topological polar surface area (TPSA) is 55.1 Å². The number of nitrogens with two attached hydrogens (primary N) is 1. The largest absolute Gasteiger partial charge is 0.349 e. The molecule has 0 fully saturated rings. The maximum Gasteiger partial charge on any atom is 0.227 e. The summed E-state index contributed by atoms with van der Waals surface area (Å²) in [7, 11) is 0. The van der Waals surface area contributed by atoms with Crippen molar-refractivity contribution in [3.05, 3.63) is 35.9 Å². The Morgan fingerprint density at radius 1 is 1.26 bits per heavy atom. The molecule has 0 saturated heterocycles. The number of carbonyl (C=O) groups excluding carboxylic acids is 1. The summed E-state index contributed by atoms with van der Waals surface area (Å²) >= 11 is 0. The summed E-state index contributed by atoms with van der Waals surface area (Å²) in [6, 6.07) is 9.99. The van der Waals surface area contributed by atoms with Crippen molar-refractivity contribution in [1.82, 2.24) is 5.32 Å². The fourth-order valence-corrected chi connectivity index (χ4v) is 2.13. The van der Waals surface area contributed by atoms with Crippen LogP contribution in [0.3, 0.4) is 0 Å². The Balaban J connectivity index is 0.00000324. The van der Waals surface area contributed by atoms with Crippen molar-refractivity contribution < 1.29 is 4.79 Å². The second kappa shape index (κ2) is 8.18. The molecule has 1 rings (SSSR count). The minimum atomic E-state index is -0.428. The van der Waals surface area contributed by atoms with E-state index in [2.05, 4.69) is 5.32 Å². The number of nitrogens with one attached hydrogen (secondary N) is 1. The number of hydrogen-bond donors (Lipinski definition) is 2. The molecule has 0 bridgehead atoms. The molecule has 1 amide bonds. The van der Waals surface area contributed by atoms with Gasteiger partial charge in [0.25, 0.3) is 0 Å². The van der Waals surface area contributed by atoms with Gasteiger partial charge in [0.1, 0.15) is 0 Å². The van der Waals surface area contributed by atoms with E-state index in [0.29, 0.717) is 6.54 Å². The van der Waals surface area contributed by atoms with Crippen LogP contribution in [0.4, 0.5) is 0 Å². The first-order chi connectivity index (χ1) is 8.59. The fraction of sp³-hybridized carbons (Fsp3) is 0.533. The van der Waals surface area contributed by atoms with E-state index in [0.717, 1.165) is 18.4 Å². The van der Waals surface area contributed by atoms with E-state index in [4.69, 9.17) is 5.73 Å². The van der Waals surface area contributed by atoms with Gasteiger partial charge in [-0.25, -0.2) is 0 Å². The molecular weight excluding hydrogens is 260 g/mol. The molecule has 3 N–H and O–H groups in total. The van der Waals surface area contributed by atoms with Gasteiger partial charge < -0.3 is 11.1 Å². The highest BCUT2D eigenvalue weighted by molar-refractivity contribution is 5.85. The lowest BCUT2D eigenvalue weighted by molar-refractivity contribution is -0.131. The van der Waals surface area contributed by atoms with Crippen LogP contribution in [0.15, 0.2) is 30.3 Å². The van der Waals surface area contributed by atoms with Gasteiger partial charge in [-0.05, 0) is 25.3 Å². The SMILES string of the molecule is CCC(CC)(CN)C(=O)NC(C)c1ccccc1.Cl. The van der Waals surface area contributed by atoms with Crippen molar-refractivity contribution in [2.24, 2.45) is 11.1 Å². The molecule has 1 aromatic carbocycles. The maximum absolute atomic E-state index is 12.4. The lowest BCUT2D eigenvalue weighted by Crippen LogP contribution is -2.46. The number of rotatable bonds is 6. The Kier molecular flexibility index (Phi) is 7.72. The monoisotopic (exact) mass is 284 g/mol. The van der Waals surface area contributed by atoms with E-state index in [1.54, 1.807) is 0 Å². The van der Waals surface area contributed by atoms with Crippen LogP contribution >= 0.6 is 12.4 Å². The Morgan fingerprint density at radius 3 is 2.21 bits per heavy atom. The second-order valence-electron chi connectivity index (χ2n) is 4.80. The van der Waals surface area contributed by atoms with Gasteiger partial charge in [0.15, 0.2) is 0 Å². The van der Waals surface area contributed by atoms with Crippen LogP contribution in [-0.4, -0.2) is 12.5 Å². The molecule has 1 aromatic rings. The molecule has 0 aliphatic heterocycles. The molecule has 1 unspecified atom stereocenters. The average Bonchev–Trinajstić information content (AvgIpc) is 2.42. The highest BCUT2D eigenvalue weighted by Gasteiger charge is 2.33. The summed E-state index contributed by atoms with van der Waals surface area (Å²) in [6.45, 7) is 6.43. The Labute approximate surface area is 122 Å². The van der Waals surface area contributed by atoms with Crippen molar-refractivity contribution in [3.63, 3.8) is 0 Å². The highest BCUT2D eigenvalue weighted by Crippen LogP contribution is 2.26. The quantitative estimate of drug-likeness (QED) is 0.843. The van der Waals surface area contributed by atoms with E-state index in [9.17, 15) is 4.79 Å². The van der Waals surface area contributed by atoms with E-state index in [1.165, 1.54) is 0 Å². The summed E-state index contributed by atoms with van der Waals surface area (Å²) in [6.07, 6.45) is 1.54. The molecule has 0 spiro atoms. The normalized spacial score (nSPS) is 12.4. The highest BCUT2D eigenvalue weighted by atomic mass is 35.5. The Hall–Kier alpha value is -1.06. The third kappa shape index (κ3) is 4.22. The molecule has 0 heterocycles. The molecule has 3 nitrogen and oxygen atoms in total. The summed E-state index contributed by atoms with van der Waals surface area (Å²) in [5, 5.41) is 3.07. The van der Waals surface area contributed by atoms with Crippen LogP contribution in [0, 0.1) is 5.41 Å². The lowest BCUT2D eigenvalue weighted by Gasteiger charge is -2.30.